The topological polar surface area (TPSA) is 0 Å². The van der Waals surface area contributed by atoms with Gasteiger partial charge in [0.15, 0.2) is 0 Å². The molecule has 0 aliphatic heterocycles. The van der Waals surface area contributed by atoms with Crippen molar-refractivity contribution in [1.82, 2.24) is 0 Å². The van der Waals surface area contributed by atoms with Gasteiger partial charge in [0, 0.05) is 0 Å². The van der Waals surface area contributed by atoms with E-state index in [2.05, 4.69) is 80.2 Å². The smallest absolute Gasteiger partial charge is 0.0529 e. The third kappa shape index (κ3) is 2.05. The van der Waals surface area contributed by atoms with Crippen LogP contribution in [0.5, 0.6) is 0 Å². The largest absolute Gasteiger partial charge is 0.122 e. The molecule has 2 aromatic carbocycles. The quantitative estimate of drug-likeness (QED) is 0.663. The van der Waals surface area contributed by atoms with Gasteiger partial charge < -0.3 is 0 Å². The molecule has 0 N–H and O–H groups in total. The van der Waals surface area contributed by atoms with Crippen LogP contribution in [-0.4, -0.2) is 0 Å². The predicted molar refractivity (Wildman–Crippen MR) is 80.2 cm³/mol. The van der Waals surface area contributed by atoms with E-state index in [9.17, 15) is 0 Å². The minimum Gasteiger partial charge on any atom is -0.122 e. The van der Waals surface area contributed by atoms with Gasteiger partial charge in [0.05, 0.1) is 5.41 Å². The molecule has 0 saturated heterocycles. The average Bonchev–Trinajstić information content (AvgIpc) is 3.15. The van der Waals surface area contributed by atoms with E-state index in [0.29, 0.717) is 0 Å². The summed E-state index contributed by atoms with van der Waals surface area (Å²) in [5.41, 5.74) is 9.03. The SMILES string of the molecule is CC(C)=C=C1CC1(c1ccccc1)c1ccccc1. The Morgan fingerprint density at radius 1 is 0.842 bits per heavy atom. The maximum atomic E-state index is 3.54. The summed E-state index contributed by atoms with van der Waals surface area (Å²) in [6, 6.07) is 21.6. The lowest BCUT2D eigenvalue weighted by molar-refractivity contribution is 0.880. The lowest BCUT2D eigenvalue weighted by atomic mass is 9.87. The molecule has 0 unspecified atom stereocenters. The van der Waals surface area contributed by atoms with Crippen molar-refractivity contribution >= 4 is 0 Å². The van der Waals surface area contributed by atoms with Crippen LogP contribution in [0.1, 0.15) is 31.4 Å². The first-order valence-corrected chi connectivity index (χ1v) is 6.78. The van der Waals surface area contributed by atoms with Gasteiger partial charge in [0.2, 0.25) is 0 Å². The van der Waals surface area contributed by atoms with Gasteiger partial charge in [-0.05, 0) is 42.5 Å². The molecule has 0 atom stereocenters. The molecule has 0 nitrogen and oxygen atoms in total. The highest BCUT2D eigenvalue weighted by atomic mass is 14.5. The minimum absolute atomic E-state index is 0.0692. The molecule has 1 saturated carbocycles. The van der Waals surface area contributed by atoms with Crippen LogP contribution in [0.25, 0.3) is 0 Å². The summed E-state index contributed by atoms with van der Waals surface area (Å²) in [5.74, 6) is 0. The van der Waals surface area contributed by atoms with Gasteiger partial charge in [-0.1, -0.05) is 60.7 Å². The van der Waals surface area contributed by atoms with Crippen LogP contribution < -0.4 is 0 Å². The number of benzene rings is 2. The maximum absolute atomic E-state index is 3.54. The van der Waals surface area contributed by atoms with E-state index in [1.54, 1.807) is 0 Å². The fourth-order valence-corrected chi connectivity index (χ4v) is 2.84. The number of hydrogen-bond acceptors (Lipinski definition) is 0. The Kier molecular flexibility index (Phi) is 2.89. The molecule has 3 rings (SSSR count). The van der Waals surface area contributed by atoms with Crippen molar-refractivity contribution in [3.8, 4) is 0 Å². The highest BCUT2D eigenvalue weighted by Crippen LogP contribution is 2.58. The lowest BCUT2D eigenvalue weighted by Gasteiger charge is -2.15. The van der Waals surface area contributed by atoms with Crippen LogP contribution in [0.2, 0.25) is 0 Å². The minimum atomic E-state index is 0.0692. The van der Waals surface area contributed by atoms with Crippen molar-refractivity contribution in [2.24, 2.45) is 0 Å². The zero-order chi connectivity index (χ0) is 13.3. The molecule has 0 radical (unpaired) electrons. The molecule has 2 aromatic rings. The Morgan fingerprint density at radius 3 is 1.74 bits per heavy atom. The third-order valence-electron chi connectivity index (χ3n) is 3.77. The monoisotopic (exact) mass is 246 g/mol. The van der Waals surface area contributed by atoms with Crippen LogP contribution in [0.15, 0.2) is 77.5 Å². The van der Waals surface area contributed by atoms with Crippen LogP contribution >= 0.6 is 0 Å². The first kappa shape index (κ1) is 12.0. The van der Waals surface area contributed by atoms with Gasteiger partial charge in [-0.25, -0.2) is 0 Å². The van der Waals surface area contributed by atoms with Crippen LogP contribution in [0.4, 0.5) is 0 Å². The van der Waals surface area contributed by atoms with Gasteiger partial charge in [-0.2, -0.15) is 0 Å². The van der Waals surface area contributed by atoms with Crippen molar-refractivity contribution in [1.29, 1.82) is 0 Å². The Balaban J connectivity index is 2.19. The van der Waals surface area contributed by atoms with E-state index in [1.807, 2.05) is 0 Å². The Hall–Kier alpha value is -2.04. The van der Waals surface area contributed by atoms with E-state index in [0.717, 1.165) is 6.42 Å². The van der Waals surface area contributed by atoms with Crippen LogP contribution in [0, 0.1) is 0 Å². The second-order valence-corrected chi connectivity index (χ2v) is 5.42. The van der Waals surface area contributed by atoms with Crippen molar-refractivity contribution < 1.29 is 0 Å². The molecular weight excluding hydrogens is 228 g/mol. The van der Waals surface area contributed by atoms with Gasteiger partial charge in [-0.3, -0.25) is 0 Å². The molecule has 0 bridgehead atoms. The van der Waals surface area contributed by atoms with Crippen molar-refractivity contribution in [2.75, 3.05) is 0 Å². The van der Waals surface area contributed by atoms with Crippen molar-refractivity contribution in [3.63, 3.8) is 0 Å². The fourth-order valence-electron chi connectivity index (χ4n) is 2.84. The molecule has 1 fully saturated rings. The van der Waals surface area contributed by atoms with E-state index >= 15 is 0 Å². The molecule has 1 aliphatic carbocycles. The normalized spacial score (nSPS) is 15.8. The van der Waals surface area contributed by atoms with E-state index in [-0.39, 0.29) is 5.41 Å². The van der Waals surface area contributed by atoms with Crippen molar-refractivity contribution in [2.45, 2.75) is 25.7 Å². The van der Waals surface area contributed by atoms with Crippen molar-refractivity contribution in [3.05, 3.63) is 88.7 Å². The molecule has 0 heteroatoms. The fraction of sp³-hybridized carbons (Fsp3) is 0.211. The Bertz CT molecular complexity index is 597. The summed E-state index contributed by atoms with van der Waals surface area (Å²) in [4.78, 5) is 0. The molecule has 1 aliphatic rings. The van der Waals surface area contributed by atoms with Crippen LogP contribution in [-0.2, 0) is 5.41 Å². The summed E-state index contributed by atoms with van der Waals surface area (Å²) in [5, 5.41) is 0. The number of rotatable bonds is 2. The standard InChI is InChI=1S/C19H18/c1-15(2)13-18-14-19(18,16-9-5-3-6-10-16)17-11-7-4-8-12-17/h3-12H,14H2,1-2H3. The number of hydrogen-bond donors (Lipinski definition) is 0. The first-order valence-electron chi connectivity index (χ1n) is 6.78. The molecule has 0 aromatic heterocycles. The maximum Gasteiger partial charge on any atom is 0.0529 e. The lowest BCUT2D eigenvalue weighted by Crippen LogP contribution is -2.08. The molecule has 0 spiro atoms. The summed E-state index contributed by atoms with van der Waals surface area (Å²) in [6.45, 7) is 4.23. The van der Waals surface area contributed by atoms with Crippen LogP contribution in [0.3, 0.4) is 0 Å². The molecule has 94 valence electrons. The highest BCUT2D eigenvalue weighted by molar-refractivity contribution is 5.59. The second kappa shape index (κ2) is 4.57. The summed E-state index contributed by atoms with van der Waals surface area (Å²) in [7, 11) is 0. The van der Waals surface area contributed by atoms with Gasteiger partial charge in [-0.15, -0.1) is 5.73 Å². The Labute approximate surface area is 115 Å². The average molecular weight is 246 g/mol. The molecule has 0 heterocycles. The predicted octanol–water partition coefficient (Wildman–Crippen LogP) is 4.87. The van der Waals surface area contributed by atoms with E-state index in [1.165, 1.54) is 22.3 Å². The van der Waals surface area contributed by atoms with E-state index in [4.69, 9.17) is 0 Å². The molecular formula is C19H18. The summed E-state index contributed by atoms with van der Waals surface area (Å²) < 4.78 is 0. The zero-order valence-electron chi connectivity index (χ0n) is 11.5. The highest BCUT2D eigenvalue weighted by Gasteiger charge is 2.51. The number of allylic oxidation sites excluding steroid dienone is 1. The Morgan fingerprint density at radius 2 is 1.32 bits per heavy atom. The second-order valence-electron chi connectivity index (χ2n) is 5.42. The van der Waals surface area contributed by atoms with Gasteiger partial charge >= 0.3 is 0 Å². The molecule has 19 heavy (non-hydrogen) atoms. The third-order valence-corrected chi connectivity index (χ3v) is 3.77. The molecule has 0 amide bonds. The zero-order valence-corrected chi connectivity index (χ0v) is 11.5. The van der Waals surface area contributed by atoms with E-state index < -0.39 is 0 Å². The summed E-state index contributed by atoms with van der Waals surface area (Å²) in [6.07, 6.45) is 1.09. The van der Waals surface area contributed by atoms with Gasteiger partial charge in [0.1, 0.15) is 0 Å². The summed E-state index contributed by atoms with van der Waals surface area (Å²) >= 11 is 0. The van der Waals surface area contributed by atoms with Gasteiger partial charge in [0.25, 0.3) is 0 Å². The first-order chi connectivity index (χ1) is 9.23.